The van der Waals surface area contributed by atoms with Crippen LogP contribution in [0.3, 0.4) is 0 Å². The van der Waals surface area contributed by atoms with Crippen LogP contribution in [0.4, 0.5) is 0 Å². The maximum atomic E-state index is 8.99. The van der Waals surface area contributed by atoms with E-state index >= 15 is 0 Å². The average Bonchev–Trinajstić information content (AvgIpc) is 2.83. The van der Waals surface area contributed by atoms with E-state index in [4.69, 9.17) is 5.26 Å². The smallest absolute Gasteiger partial charge is 0.142 e. The number of aliphatic imine (C=N–C) groups is 2. The van der Waals surface area contributed by atoms with Crippen molar-refractivity contribution in [3.63, 3.8) is 0 Å². The normalized spacial score (nSPS) is 14.6. The van der Waals surface area contributed by atoms with Gasteiger partial charge in [-0.15, -0.1) is 0 Å². The minimum atomic E-state index is 0.527. The lowest BCUT2D eigenvalue weighted by Gasteiger charge is -2.02. The molecule has 0 N–H and O–H groups in total. The third-order valence-corrected chi connectivity index (χ3v) is 2.67. The second-order valence-electron chi connectivity index (χ2n) is 3.74. The molecule has 0 aromatic carbocycles. The van der Waals surface area contributed by atoms with Gasteiger partial charge in [0.25, 0.3) is 0 Å². The lowest BCUT2D eigenvalue weighted by Crippen LogP contribution is -2.08. The van der Waals surface area contributed by atoms with Gasteiger partial charge >= 0.3 is 0 Å². The number of nitrogens with zero attached hydrogens (tertiary/aromatic N) is 5. The number of fused-ring (bicyclic) bond motifs is 1. The topological polar surface area (TPSA) is 65.8 Å². The lowest BCUT2D eigenvalue weighted by molar-refractivity contribution is 0.925. The van der Waals surface area contributed by atoms with Gasteiger partial charge in [0, 0.05) is 13.0 Å². The van der Waals surface area contributed by atoms with E-state index < -0.39 is 0 Å². The van der Waals surface area contributed by atoms with E-state index in [0.29, 0.717) is 5.69 Å². The summed E-state index contributed by atoms with van der Waals surface area (Å²) in [5.74, 6) is 0. The van der Waals surface area contributed by atoms with Crippen molar-refractivity contribution in [3.05, 3.63) is 35.7 Å². The fraction of sp³-hybridized carbons (Fsp3) is 0.167. The quantitative estimate of drug-likeness (QED) is 0.733. The molecule has 0 atom stereocenters. The van der Waals surface area contributed by atoms with Gasteiger partial charge < -0.3 is 0 Å². The highest BCUT2D eigenvalue weighted by Crippen LogP contribution is 2.12. The lowest BCUT2D eigenvalue weighted by atomic mass is 10.2. The Labute approximate surface area is 97.7 Å². The molecule has 82 valence electrons. The molecule has 2 aromatic rings. The Morgan fingerprint density at radius 3 is 3.06 bits per heavy atom. The maximum absolute atomic E-state index is 8.99. The van der Waals surface area contributed by atoms with Crippen LogP contribution in [0.1, 0.15) is 17.8 Å². The van der Waals surface area contributed by atoms with E-state index in [9.17, 15) is 0 Å². The first-order valence-electron chi connectivity index (χ1n) is 5.33. The van der Waals surface area contributed by atoms with Crippen LogP contribution in [0.2, 0.25) is 0 Å². The molecule has 3 heterocycles. The molecule has 0 saturated carbocycles. The fourth-order valence-corrected chi connectivity index (χ4v) is 1.84. The predicted molar refractivity (Wildman–Crippen MR) is 64.4 cm³/mol. The second kappa shape index (κ2) is 3.83. The van der Waals surface area contributed by atoms with Gasteiger partial charge in [-0.25, -0.2) is 9.51 Å². The van der Waals surface area contributed by atoms with Crippen LogP contribution >= 0.6 is 0 Å². The van der Waals surface area contributed by atoms with E-state index in [1.165, 1.54) is 0 Å². The standard InChI is InChI=1S/C12H9N5/c13-7-10-3-1-2-9-6-12(16-17(9)10)11-4-5-14-8-15-11/h1-3,6,8H,4-5H2. The van der Waals surface area contributed by atoms with Crippen LogP contribution in [-0.2, 0) is 0 Å². The number of hydrogen-bond donors (Lipinski definition) is 0. The summed E-state index contributed by atoms with van der Waals surface area (Å²) in [6, 6.07) is 9.58. The molecular weight excluding hydrogens is 214 g/mol. The van der Waals surface area contributed by atoms with Gasteiger partial charge in [0.2, 0.25) is 0 Å². The SMILES string of the molecule is N#Cc1cccc2cc(C3=NC=NCC3)nn12. The number of rotatable bonds is 1. The largest absolute Gasteiger partial charge is 0.273 e. The van der Waals surface area contributed by atoms with Crippen molar-refractivity contribution < 1.29 is 0 Å². The fourth-order valence-electron chi connectivity index (χ4n) is 1.84. The van der Waals surface area contributed by atoms with Gasteiger partial charge in [-0.3, -0.25) is 4.99 Å². The summed E-state index contributed by atoms with van der Waals surface area (Å²) in [7, 11) is 0. The van der Waals surface area contributed by atoms with Gasteiger partial charge in [-0.05, 0) is 18.2 Å². The third kappa shape index (κ3) is 1.60. The van der Waals surface area contributed by atoms with Crippen LogP contribution < -0.4 is 0 Å². The Morgan fingerprint density at radius 1 is 1.35 bits per heavy atom. The second-order valence-corrected chi connectivity index (χ2v) is 3.74. The van der Waals surface area contributed by atoms with Crippen LogP contribution in [0.15, 0.2) is 34.3 Å². The first-order chi connectivity index (χ1) is 8.38. The molecule has 0 bridgehead atoms. The zero-order valence-electron chi connectivity index (χ0n) is 9.04. The number of nitriles is 1. The van der Waals surface area contributed by atoms with E-state index in [1.807, 2.05) is 18.2 Å². The minimum Gasteiger partial charge on any atom is -0.273 e. The van der Waals surface area contributed by atoms with Crippen molar-refractivity contribution in [2.24, 2.45) is 9.98 Å². The summed E-state index contributed by atoms with van der Waals surface area (Å²) in [5, 5.41) is 13.4. The molecule has 5 heteroatoms. The van der Waals surface area contributed by atoms with Crippen LogP contribution in [0, 0.1) is 11.3 Å². The van der Waals surface area contributed by atoms with Gasteiger partial charge in [-0.2, -0.15) is 10.4 Å². The third-order valence-electron chi connectivity index (χ3n) is 2.67. The zero-order valence-corrected chi connectivity index (χ0v) is 9.04. The van der Waals surface area contributed by atoms with E-state index in [1.54, 1.807) is 16.9 Å². The average molecular weight is 223 g/mol. The molecule has 1 aliphatic rings. The van der Waals surface area contributed by atoms with Crippen molar-refractivity contribution in [1.82, 2.24) is 9.61 Å². The predicted octanol–water partition coefficient (Wildman–Crippen LogP) is 1.43. The number of hydrogen-bond acceptors (Lipinski definition) is 4. The summed E-state index contributed by atoms with van der Waals surface area (Å²) in [6.07, 6.45) is 2.36. The van der Waals surface area contributed by atoms with E-state index in [-0.39, 0.29) is 0 Å². The molecule has 0 saturated heterocycles. The Bertz CT molecular complexity index is 672. The monoisotopic (exact) mass is 223 g/mol. The Balaban J connectivity index is 2.17. The Kier molecular flexibility index (Phi) is 2.19. The molecular formula is C12H9N5. The number of pyridine rings is 1. The summed E-state index contributed by atoms with van der Waals surface area (Å²) < 4.78 is 1.64. The van der Waals surface area contributed by atoms with E-state index in [0.717, 1.165) is 29.9 Å². The van der Waals surface area contributed by atoms with Gasteiger partial charge in [-0.1, -0.05) is 6.07 Å². The van der Waals surface area contributed by atoms with Crippen molar-refractivity contribution in [1.29, 1.82) is 5.26 Å². The van der Waals surface area contributed by atoms with Crippen molar-refractivity contribution in [2.45, 2.75) is 6.42 Å². The Morgan fingerprint density at radius 2 is 2.29 bits per heavy atom. The molecule has 5 nitrogen and oxygen atoms in total. The van der Waals surface area contributed by atoms with Crippen LogP contribution in [0.5, 0.6) is 0 Å². The Hall–Kier alpha value is -2.48. The summed E-state index contributed by atoms with van der Waals surface area (Å²) >= 11 is 0. The molecule has 0 unspecified atom stereocenters. The molecule has 0 fully saturated rings. The summed E-state index contributed by atoms with van der Waals surface area (Å²) in [6.45, 7) is 0.748. The molecule has 1 aliphatic heterocycles. The highest BCUT2D eigenvalue weighted by Gasteiger charge is 2.11. The molecule has 0 spiro atoms. The number of aromatic nitrogens is 2. The molecule has 17 heavy (non-hydrogen) atoms. The van der Waals surface area contributed by atoms with Crippen molar-refractivity contribution in [3.8, 4) is 6.07 Å². The van der Waals surface area contributed by atoms with Crippen LogP contribution in [0.25, 0.3) is 5.52 Å². The first-order valence-corrected chi connectivity index (χ1v) is 5.33. The molecule has 2 aromatic heterocycles. The summed E-state index contributed by atoms with van der Waals surface area (Å²) in [5.41, 5.74) is 3.18. The molecule has 3 rings (SSSR count). The van der Waals surface area contributed by atoms with Gasteiger partial charge in [0.1, 0.15) is 23.8 Å². The minimum absolute atomic E-state index is 0.527. The van der Waals surface area contributed by atoms with Crippen molar-refractivity contribution in [2.75, 3.05) is 6.54 Å². The highest BCUT2D eigenvalue weighted by molar-refractivity contribution is 6.04. The van der Waals surface area contributed by atoms with Gasteiger partial charge in [0.05, 0.1) is 11.2 Å². The highest BCUT2D eigenvalue weighted by atomic mass is 15.2. The molecule has 0 amide bonds. The zero-order chi connectivity index (χ0) is 11.7. The van der Waals surface area contributed by atoms with Gasteiger partial charge in [0.15, 0.2) is 0 Å². The van der Waals surface area contributed by atoms with E-state index in [2.05, 4.69) is 21.2 Å². The molecule has 0 radical (unpaired) electrons. The summed E-state index contributed by atoms with van der Waals surface area (Å²) in [4.78, 5) is 8.26. The van der Waals surface area contributed by atoms with Crippen molar-refractivity contribution >= 4 is 17.6 Å². The maximum Gasteiger partial charge on any atom is 0.142 e. The van der Waals surface area contributed by atoms with Crippen LogP contribution in [-0.4, -0.2) is 28.2 Å². The molecule has 0 aliphatic carbocycles. The first kappa shape index (κ1) is 9.73.